The van der Waals surface area contributed by atoms with Crippen LogP contribution in [0.5, 0.6) is 0 Å². The second-order valence-corrected chi connectivity index (χ2v) is 12.0. The minimum atomic E-state index is -1.76. The van der Waals surface area contributed by atoms with E-state index in [-0.39, 0.29) is 11.9 Å². The molecular formula is C25H28NO4S3+. The Balaban J connectivity index is 1.26. The third-order valence-electron chi connectivity index (χ3n) is 7.18. The lowest BCUT2D eigenvalue weighted by Gasteiger charge is -2.52. The zero-order valence-corrected chi connectivity index (χ0v) is 20.8. The van der Waals surface area contributed by atoms with Gasteiger partial charge in [0, 0.05) is 31.6 Å². The number of carbonyl (C=O) groups is 2. The van der Waals surface area contributed by atoms with Gasteiger partial charge in [-0.3, -0.25) is 4.79 Å². The molecule has 3 fully saturated rings. The number of ether oxygens (including phenoxy) is 1. The molecule has 6 rings (SSSR count). The molecule has 0 unspecified atom stereocenters. The molecule has 1 N–H and O–H groups in total. The lowest BCUT2D eigenvalue weighted by atomic mass is 9.82. The van der Waals surface area contributed by atoms with Crippen molar-refractivity contribution in [2.24, 2.45) is 5.92 Å². The first kappa shape index (κ1) is 22.9. The number of nitrogens with zero attached hydrogens (tertiary/aromatic N) is 1. The number of carbonyl (C=O) groups excluding carboxylic acids is 2. The average Bonchev–Trinajstić information content (AvgIpc) is 3.62. The summed E-state index contributed by atoms with van der Waals surface area (Å²) in [7, 11) is 0. The van der Waals surface area contributed by atoms with Crippen molar-refractivity contribution in [1.29, 1.82) is 0 Å². The molecule has 3 saturated heterocycles. The Bertz CT molecular complexity index is 1030. The molecule has 0 aliphatic carbocycles. The number of quaternary nitrogens is 1. The molecule has 3 aromatic rings. The first-order valence-corrected chi connectivity index (χ1v) is 14.1. The summed E-state index contributed by atoms with van der Waals surface area (Å²) < 4.78 is 7.00. The summed E-state index contributed by atoms with van der Waals surface area (Å²) in [6.07, 6.45) is 3.25. The molecule has 3 aromatic heterocycles. The summed E-state index contributed by atoms with van der Waals surface area (Å²) in [6.45, 7) is 3.85. The second kappa shape index (κ2) is 9.43. The molecule has 174 valence electrons. The molecule has 1 atom stereocenters. The Hall–Kier alpha value is -1.84. The van der Waals surface area contributed by atoms with E-state index in [0.29, 0.717) is 22.1 Å². The van der Waals surface area contributed by atoms with Crippen LogP contribution in [0.2, 0.25) is 0 Å². The van der Waals surface area contributed by atoms with E-state index in [9.17, 15) is 14.7 Å². The van der Waals surface area contributed by atoms with Crippen molar-refractivity contribution in [1.82, 2.24) is 0 Å². The van der Waals surface area contributed by atoms with Gasteiger partial charge in [0.15, 0.2) is 11.9 Å². The van der Waals surface area contributed by atoms with Crippen LogP contribution in [0.25, 0.3) is 0 Å². The van der Waals surface area contributed by atoms with Gasteiger partial charge in [0.1, 0.15) is 6.54 Å². The van der Waals surface area contributed by atoms with Gasteiger partial charge < -0.3 is 14.3 Å². The standard InChI is InChI=1S/C25H28NO4S3/c27-19(21-6-2-14-31-21)5-1-11-26-12-9-18(10-13-26)20(17-26)30-24(28)25(29,22-7-3-15-32-22)23-8-4-16-33-23/h2-4,6-8,14-16,18,20,29H,1,5,9-13,17H2/q+1/t18?,20-,26?/m0/s1. The van der Waals surface area contributed by atoms with E-state index in [0.717, 1.165) is 54.8 Å². The fourth-order valence-electron chi connectivity index (χ4n) is 5.32. The SMILES string of the molecule is O=C(CCC[N+]12CCC(CC1)[C@@H](OC(=O)C(O)(c1cccs1)c1cccs1)C2)c1cccs1. The highest BCUT2D eigenvalue weighted by Crippen LogP contribution is 2.40. The van der Waals surface area contributed by atoms with Gasteiger partial charge in [-0.2, -0.15) is 0 Å². The van der Waals surface area contributed by atoms with Crippen LogP contribution < -0.4 is 0 Å². The number of Topliss-reactive ketones (excluding diaryl/α,β-unsaturated/α-hetero) is 1. The topological polar surface area (TPSA) is 63.6 Å². The molecule has 0 amide bonds. The lowest BCUT2D eigenvalue weighted by Crippen LogP contribution is -2.65. The first-order chi connectivity index (χ1) is 16.0. The Morgan fingerprint density at radius 1 is 1.00 bits per heavy atom. The number of rotatable bonds is 9. The summed E-state index contributed by atoms with van der Waals surface area (Å²) in [5.41, 5.74) is -1.76. The minimum absolute atomic E-state index is 0.195. The Labute approximate surface area is 205 Å². The van der Waals surface area contributed by atoms with Crippen molar-refractivity contribution in [2.75, 3.05) is 26.2 Å². The van der Waals surface area contributed by atoms with Crippen molar-refractivity contribution in [3.8, 4) is 0 Å². The minimum Gasteiger partial charge on any atom is -0.453 e. The molecular weight excluding hydrogens is 474 g/mol. The summed E-state index contributed by atoms with van der Waals surface area (Å²) >= 11 is 4.24. The van der Waals surface area contributed by atoms with Crippen LogP contribution in [0.4, 0.5) is 0 Å². The van der Waals surface area contributed by atoms with Crippen LogP contribution in [0.15, 0.2) is 52.5 Å². The molecule has 0 spiro atoms. The molecule has 6 heterocycles. The fraction of sp³-hybridized carbons (Fsp3) is 0.440. The van der Waals surface area contributed by atoms with E-state index >= 15 is 0 Å². The van der Waals surface area contributed by atoms with Gasteiger partial charge in [-0.1, -0.05) is 18.2 Å². The van der Waals surface area contributed by atoms with Gasteiger partial charge in [0.2, 0.25) is 5.60 Å². The van der Waals surface area contributed by atoms with E-state index in [1.807, 2.05) is 40.4 Å². The number of fused-ring (bicyclic) bond motifs is 3. The number of hydrogen-bond donors (Lipinski definition) is 1. The van der Waals surface area contributed by atoms with E-state index in [4.69, 9.17) is 4.74 Å². The highest BCUT2D eigenvalue weighted by molar-refractivity contribution is 7.12. The van der Waals surface area contributed by atoms with Crippen LogP contribution in [0.3, 0.4) is 0 Å². The predicted octanol–water partition coefficient (Wildman–Crippen LogP) is 4.92. The molecule has 5 nitrogen and oxygen atoms in total. The van der Waals surface area contributed by atoms with Gasteiger partial charge in [-0.25, -0.2) is 4.79 Å². The number of hydrogen-bond acceptors (Lipinski definition) is 7. The van der Waals surface area contributed by atoms with Crippen molar-refractivity contribution in [3.63, 3.8) is 0 Å². The van der Waals surface area contributed by atoms with E-state index < -0.39 is 11.6 Å². The molecule has 33 heavy (non-hydrogen) atoms. The number of thiophene rings is 3. The summed E-state index contributed by atoms with van der Waals surface area (Å²) in [5.74, 6) is -0.00942. The monoisotopic (exact) mass is 502 g/mol. The van der Waals surface area contributed by atoms with Crippen LogP contribution in [-0.2, 0) is 15.1 Å². The third kappa shape index (κ3) is 4.47. The van der Waals surface area contributed by atoms with Crippen molar-refractivity contribution in [2.45, 2.75) is 37.4 Å². The van der Waals surface area contributed by atoms with Crippen LogP contribution in [-0.4, -0.2) is 53.6 Å². The number of aliphatic hydroxyl groups is 1. The molecule has 3 aliphatic rings. The Kier molecular flexibility index (Phi) is 6.55. The van der Waals surface area contributed by atoms with Gasteiger partial charge in [-0.05, 0) is 34.3 Å². The molecule has 0 saturated carbocycles. The third-order valence-corrected chi connectivity index (χ3v) is 10.1. The summed E-state index contributed by atoms with van der Waals surface area (Å²) in [5, 5.41) is 17.2. The number of piperidine rings is 3. The maximum absolute atomic E-state index is 13.4. The maximum atomic E-state index is 13.4. The average molecular weight is 503 g/mol. The molecule has 8 heteroatoms. The van der Waals surface area contributed by atoms with Gasteiger partial charge in [0.25, 0.3) is 0 Å². The Morgan fingerprint density at radius 3 is 2.21 bits per heavy atom. The molecule has 2 bridgehead atoms. The van der Waals surface area contributed by atoms with Gasteiger partial charge in [-0.15, -0.1) is 34.0 Å². The van der Waals surface area contributed by atoms with E-state index in [1.54, 1.807) is 12.1 Å². The van der Waals surface area contributed by atoms with Crippen molar-refractivity contribution >= 4 is 45.8 Å². The van der Waals surface area contributed by atoms with Crippen molar-refractivity contribution in [3.05, 3.63) is 67.2 Å². The largest absolute Gasteiger partial charge is 0.453 e. The van der Waals surface area contributed by atoms with Gasteiger partial charge >= 0.3 is 5.97 Å². The quantitative estimate of drug-likeness (QED) is 0.256. The molecule has 0 aromatic carbocycles. The fourth-order valence-corrected chi connectivity index (χ4v) is 7.73. The lowest BCUT2D eigenvalue weighted by molar-refractivity contribution is -0.946. The molecule has 3 aliphatic heterocycles. The Morgan fingerprint density at radius 2 is 1.64 bits per heavy atom. The smallest absolute Gasteiger partial charge is 0.349 e. The number of esters is 1. The normalized spacial score (nSPS) is 24.6. The van der Waals surface area contributed by atoms with E-state index in [1.165, 1.54) is 34.0 Å². The summed E-state index contributed by atoms with van der Waals surface area (Å²) in [6, 6.07) is 11.1. The zero-order valence-electron chi connectivity index (χ0n) is 18.4. The zero-order chi connectivity index (χ0) is 22.9. The van der Waals surface area contributed by atoms with Crippen LogP contribution in [0, 0.1) is 5.92 Å². The predicted molar refractivity (Wildman–Crippen MR) is 132 cm³/mol. The second-order valence-electron chi connectivity index (χ2n) is 9.15. The van der Waals surface area contributed by atoms with Crippen LogP contribution >= 0.6 is 34.0 Å². The highest BCUT2D eigenvalue weighted by Gasteiger charge is 2.51. The molecule has 0 radical (unpaired) electrons. The maximum Gasteiger partial charge on any atom is 0.349 e. The highest BCUT2D eigenvalue weighted by atomic mass is 32.1. The number of ketones is 1. The van der Waals surface area contributed by atoms with Gasteiger partial charge in [0.05, 0.1) is 34.3 Å². The van der Waals surface area contributed by atoms with Crippen LogP contribution in [0.1, 0.15) is 45.1 Å². The van der Waals surface area contributed by atoms with Crippen molar-refractivity contribution < 1.29 is 23.9 Å². The summed E-state index contributed by atoms with van der Waals surface area (Å²) in [4.78, 5) is 27.9. The van der Waals surface area contributed by atoms with E-state index in [2.05, 4.69) is 0 Å². The first-order valence-electron chi connectivity index (χ1n) is 11.4.